The second-order valence-corrected chi connectivity index (χ2v) is 6.33. The van der Waals surface area contributed by atoms with Gasteiger partial charge in [-0.25, -0.2) is 0 Å². The van der Waals surface area contributed by atoms with Gasteiger partial charge in [0.1, 0.15) is 5.75 Å². The molecule has 124 valence electrons. The van der Waals surface area contributed by atoms with E-state index in [0.717, 1.165) is 43.2 Å². The average molecular weight is 317 g/mol. The second kappa shape index (κ2) is 6.20. The minimum absolute atomic E-state index is 0.0132. The van der Waals surface area contributed by atoms with Crippen LogP contribution in [0.2, 0.25) is 0 Å². The molecule has 0 aromatic heterocycles. The highest BCUT2D eigenvalue weighted by molar-refractivity contribution is 6.07. The van der Waals surface area contributed by atoms with Crippen molar-refractivity contribution in [3.05, 3.63) is 29.8 Å². The number of rotatable bonds is 3. The van der Waals surface area contributed by atoms with Crippen molar-refractivity contribution < 1.29 is 14.4 Å². The lowest BCUT2D eigenvalue weighted by molar-refractivity contribution is -0.154. The van der Waals surface area contributed by atoms with Crippen molar-refractivity contribution in [1.29, 1.82) is 0 Å². The Hall–Kier alpha value is -2.08. The highest BCUT2D eigenvalue weighted by atomic mass is 16.7. The van der Waals surface area contributed by atoms with Crippen LogP contribution >= 0.6 is 0 Å². The average Bonchev–Trinajstić information content (AvgIpc) is 2.98. The summed E-state index contributed by atoms with van der Waals surface area (Å²) in [7, 11) is 3.70. The molecule has 0 radical (unpaired) electrons. The van der Waals surface area contributed by atoms with Crippen LogP contribution in [0.3, 0.4) is 0 Å². The molecular formula is C17H23N3O3. The van der Waals surface area contributed by atoms with Crippen LogP contribution in [0.1, 0.15) is 18.9 Å². The minimum Gasteiger partial charge on any atom is -0.496 e. The summed E-state index contributed by atoms with van der Waals surface area (Å²) in [6.07, 6.45) is 0.457. The third-order valence-electron chi connectivity index (χ3n) is 4.52. The number of para-hydroxylation sites is 1. The molecule has 6 heteroatoms. The highest BCUT2D eigenvalue weighted by Crippen LogP contribution is 2.31. The molecule has 2 aliphatic heterocycles. The Kier molecular flexibility index (Phi) is 4.26. The number of piperazine rings is 1. The highest BCUT2D eigenvalue weighted by Gasteiger charge is 2.45. The number of amides is 1. The molecule has 6 nitrogen and oxygen atoms in total. The van der Waals surface area contributed by atoms with Crippen LogP contribution < -0.4 is 4.74 Å². The number of carbonyl (C=O) groups is 1. The maximum Gasteiger partial charge on any atom is 0.269 e. The fraction of sp³-hybridized carbons (Fsp3) is 0.529. The zero-order valence-electron chi connectivity index (χ0n) is 13.9. The first-order valence-corrected chi connectivity index (χ1v) is 7.90. The van der Waals surface area contributed by atoms with Gasteiger partial charge in [-0.2, -0.15) is 0 Å². The van der Waals surface area contributed by atoms with Crippen LogP contribution in [0.25, 0.3) is 0 Å². The van der Waals surface area contributed by atoms with Crippen molar-refractivity contribution in [2.45, 2.75) is 18.9 Å². The van der Waals surface area contributed by atoms with Gasteiger partial charge in [0.25, 0.3) is 5.91 Å². The SMILES string of the molecule is COc1ccccc1C1=NO[C@@](C)(C(=O)N2CCN(C)CC2)C1. The van der Waals surface area contributed by atoms with Crippen molar-refractivity contribution in [2.75, 3.05) is 40.3 Å². The molecule has 1 aromatic carbocycles. The summed E-state index contributed by atoms with van der Waals surface area (Å²) in [5.74, 6) is 0.755. The number of oxime groups is 1. The molecule has 23 heavy (non-hydrogen) atoms. The molecule has 0 aliphatic carbocycles. The van der Waals surface area contributed by atoms with Crippen LogP contribution in [-0.2, 0) is 9.63 Å². The van der Waals surface area contributed by atoms with Crippen LogP contribution in [0.4, 0.5) is 0 Å². The van der Waals surface area contributed by atoms with E-state index < -0.39 is 5.60 Å². The summed E-state index contributed by atoms with van der Waals surface area (Å²) in [6.45, 7) is 5.07. The van der Waals surface area contributed by atoms with Gasteiger partial charge in [0.15, 0.2) is 0 Å². The molecule has 0 bridgehead atoms. The van der Waals surface area contributed by atoms with Crippen molar-refractivity contribution in [2.24, 2.45) is 5.16 Å². The number of hydrogen-bond acceptors (Lipinski definition) is 5. The summed E-state index contributed by atoms with van der Waals surface area (Å²) in [6, 6.07) is 7.66. The van der Waals surface area contributed by atoms with E-state index in [4.69, 9.17) is 9.57 Å². The molecular weight excluding hydrogens is 294 g/mol. The topological polar surface area (TPSA) is 54.4 Å². The van der Waals surface area contributed by atoms with E-state index in [-0.39, 0.29) is 5.91 Å². The molecule has 1 fully saturated rings. The molecule has 0 unspecified atom stereocenters. The smallest absolute Gasteiger partial charge is 0.269 e. The standard InChI is InChI=1S/C17H23N3O3/c1-17(16(21)20-10-8-19(2)9-11-20)12-14(18-23-17)13-6-4-5-7-15(13)22-3/h4-7H,8-12H2,1-3H3/t17-/m1/s1. The second-order valence-electron chi connectivity index (χ2n) is 6.33. The summed E-state index contributed by atoms with van der Waals surface area (Å²) in [5.41, 5.74) is 0.712. The van der Waals surface area contributed by atoms with Gasteiger partial charge in [-0.15, -0.1) is 0 Å². The maximum absolute atomic E-state index is 12.8. The number of methoxy groups -OCH3 is 1. The number of likely N-dealkylation sites (N-methyl/N-ethyl adjacent to an activating group) is 1. The monoisotopic (exact) mass is 317 g/mol. The van der Waals surface area contributed by atoms with Gasteiger partial charge < -0.3 is 19.4 Å². The molecule has 2 aliphatic rings. The van der Waals surface area contributed by atoms with E-state index in [0.29, 0.717) is 6.42 Å². The van der Waals surface area contributed by atoms with Gasteiger partial charge in [-0.05, 0) is 26.1 Å². The lowest BCUT2D eigenvalue weighted by Gasteiger charge is -2.36. The van der Waals surface area contributed by atoms with Gasteiger partial charge in [-0.1, -0.05) is 17.3 Å². The van der Waals surface area contributed by atoms with Crippen molar-refractivity contribution in [3.63, 3.8) is 0 Å². The van der Waals surface area contributed by atoms with Crippen LogP contribution in [0.15, 0.2) is 29.4 Å². The molecule has 1 aromatic rings. The maximum atomic E-state index is 12.8. The number of nitrogens with zero attached hydrogens (tertiary/aromatic N) is 3. The predicted octanol–water partition coefficient (Wildman–Crippen LogP) is 1.35. The summed E-state index contributed by atoms with van der Waals surface area (Å²) >= 11 is 0. The Morgan fingerprint density at radius 1 is 1.26 bits per heavy atom. The zero-order chi connectivity index (χ0) is 16.4. The van der Waals surface area contributed by atoms with Crippen molar-refractivity contribution in [1.82, 2.24) is 9.80 Å². The zero-order valence-corrected chi connectivity index (χ0v) is 13.9. The molecule has 2 heterocycles. The summed E-state index contributed by atoms with van der Waals surface area (Å²) < 4.78 is 5.38. The quantitative estimate of drug-likeness (QED) is 0.844. The lowest BCUT2D eigenvalue weighted by atomic mass is 9.94. The normalized spacial score (nSPS) is 25.0. The Labute approximate surface area is 136 Å². The Bertz CT molecular complexity index is 623. The van der Waals surface area contributed by atoms with Gasteiger partial charge in [0.05, 0.1) is 12.8 Å². The molecule has 1 saturated heterocycles. The van der Waals surface area contributed by atoms with Crippen LogP contribution in [-0.4, -0.2) is 67.4 Å². The largest absolute Gasteiger partial charge is 0.496 e. The van der Waals surface area contributed by atoms with E-state index in [9.17, 15) is 4.79 Å². The molecule has 3 rings (SSSR count). The van der Waals surface area contributed by atoms with E-state index >= 15 is 0 Å². The van der Waals surface area contributed by atoms with E-state index in [1.54, 1.807) is 7.11 Å². The Balaban J connectivity index is 1.73. The van der Waals surface area contributed by atoms with Gasteiger partial charge in [-0.3, -0.25) is 4.79 Å². The number of hydrogen-bond donors (Lipinski definition) is 0. The third kappa shape index (κ3) is 3.03. The van der Waals surface area contributed by atoms with Crippen molar-refractivity contribution in [3.8, 4) is 5.75 Å². The van der Waals surface area contributed by atoms with Gasteiger partial charge in [0.2, 0.25) is 5.60 Å². The predicted molar refractivity (Wildman–Crippen MR) is 87.7 cm³/mol. The molecule has 0 N–H and O–H groups in total. The first-order chi connectivity index (χ1) is 11.0. The first kappa shape index (κ1) is 15.8. The number of benzene rings is 1. The minimum atomic E-state index is -0.925. The molecule has 0 spiro atoms. The summed E-state index contributed by atoms with van der Waals surface area (Å²) in [5, 5.41) is 4.18. The first-order valence-electron chi connectivity index (χ1n) is 7.90. The van der Waals surface area contributed by atoms with Crippen LogP contribution in [0, 0.1) is 0 Å². The molecule has 1 amide bonds. The summed E-state index contributed by atoms with van der Waals surface area (Å²) in [4.78, 5) is 22.5. The lowest BCUT2D eigenvalue weighted by Crippen LogP contribution is -2.54. The fourth-order valence-electron chi connectivity index (χ4n) is 3.03. The Morgan fingerprint density at radius 3 is 2.65 bits per heavy atom. The number of ether oxygens (including phenoxy) is 1. The van der Waals surface area contributed by atoms with E-state index in [1.165, 1.54) is 0 Å². The van der Waals surface area contributed by atoms with E-state index in [2.05, 4.69) is 17.1 Å². The molecule has 1 atom stereocenters. The fourth-order valence-corrected chi connectivity index (χ4v) is 3.03. The van der Waals surface area contributed by atoms with Gasteiger partial charge >= 0.3 is 0 Å². The van der Waals surface area contributed by atoms with Crippen molar-refractivity contribution >= 4 is 11.6 Å². The van der Waals surface area contributed by atoms with E-state index in [1.807, 2.05) is 36.1 Å². The molecule has 0 saturated carbocycles. The Morgan fingerprint density at radius 2 is 1.96 bits per heavy atom. The number of carbonyl (C=O) groups excluding carboxylic acids is 1. The third-order valence-corrected chi connectivity index (χ3v) is 4.52. The van der Waals surface area contributed by atoms with Crippen LogP contribution in [0.5, 0.6) is 5.75 Å². The van der Waals surface area contributed by atoms with Gasteiger partial charge in [0, 0.05) is 38.2 Å².